The van der Waals surface area contributed by atoms with Crippen LogP contribution in [0.25, 0.3) is 0 Å². The first-order chi connectivity index (χ1) is 14.2. The van der Waals surface area contributed by atoms with Crippen molar-refractivity contribution in [3.8, 4) is 0 Å². The molecule has 1 fully saturated rings. The van der Waals surface area contributed by atoms with Crippen LogP contribution in [-0.4, -0.2) is 58.1 Å². The Bertz CT molecular complexity index is 876. The van der Waals surface area contributed by atoms with Crippen molar-refractivity contribution in [1.82, 2.24) is 19.9 Å². The Hall–Kier alpha value is -2.61. The summed E-state index contributed by atoms with van der Waals surface area (Å²) in [6, 6.07) is 6.81. The van der Waals surface area contributed by atoms with Gasteiger partial charge in [0.1, 0.15) is 0 Å². The topological polar surface area (TPSA) is 91.6 Å². The number of amides is 3. The van der Waals surface area contributed by atoms with Crippen molar-refractivity contribution in [2.75, 3.05) is 31.5 Å². The Labute approximate surface area is 181 Å². The average Bonchev–Trinajstić information content (AvgIpc) is 3.05. The van der Waals surface area contributed by atoms with Gasteiger partial charge < -0.3 is 19.6 Å². The molecule has 1 aromatic heterocycles. The number of hydrogen-bond donors (Lipinski definition) is 1. The Morgan fingerprint density at radius 2 is 1.77 bits per heavy atom. The maximum atomic E-state index is 12.6. The minimum atomic E-state index is -0.188. The fourth-order valence-corrected chi connectivity index (χ4v) is 3.26. The fraction of sp³-hybridized carbons (Fsp3) is 0.524. The molecule has 0 saturated carbocycles. The summed E-state index contributed by atoms with van der Waals surface area (Å²) in [6.07, 6.45) is 1.45. The van der Waals surface area contributed by atoms with E-state index in [0.717, 1.165) is 6.42 Å². The molecule has 162 valence electrons. The summed E-state index contributed by atoms with van der Waals surface area (Å²) in [5, 5.41) is 7.48. The smallest absolute Gasteiger partial charge is 0.321 e. The van der Waals surface area contributed by atoms with Crippen LogP contribution in [0.5, 0.6) is 0 Å². The van der Waals surface area contributed by atoms with Gasteiger partial charge in [0.25, 0.3) is 0 Å². The van der Waals surface area contributed by atoms with E-state index in [1.165, 1.54) is 0 Å². The molecule has 0 bridgehead atoms. The van der Waals surface area contributed by atoms with Gasteiger partial charge in [-0.15, -0.1) is 0 Å². The van der Waals surface area contributed by atoms with Crippen molar-refractivity contribution >= 4 is 29.2 Å². The van der Waals surface area contributed by atoms with Gasteiger partial charge >= 0.3 is 6.03 Å². The van der Waals surface area contributed by atoms with Crippen molar-refractivity contribution in [3.05, 3.63) is 41.0 Å². The lowest BCUT2D eigenvalue weighted by atomic mass is 9.96. The zero-order valence-electron chi connectivity index (χ0n) is 17.7. The largest absolute Gasteiger partial charge is 0.341 e. The summed E-state index contributed by atoms with van der Waals surface area (Å²) >= 11 is 5.88. The molecule has 3 amide bonds. The molecule has 0 atom stereocenters. The van der Waals surface area contributed by atoms with E-state index in [9.17, 15) is 9.59 Å². The number of benzene rings is 1. The van der Waals surface area contributed by atoms with Gasteiger partial charge in [-0.1, -0.05) is 37.5 Å². The number of aryl methyl sites for hydroxylation is 1. The highest BCUT2D eigenvalue weighted by molar-refractivity contribution is 6.30. The number of carbonyl (C=O) groups excluding carboxylic acids is 2. The van der Waals surface area contributed by atoms with Gasteiger partial charge in [-0.05, 0) is 30.7 Å². The quantitative estimate of drug-likeness (QED) is 0.793. The van der Waals surface area contributed by atoms with Crippen molar-refractivity contribution < 1.29 is 14.1 Å². The van der Waals surface area contributed by atoms with Crippen LogP contribution in [0.4, 0.5) is 10.5 Å². The minimum absolute atomic E-state index is 0.0328. The molecule has 0 radical (unpaired) electrons. The third kappa shape index (κ3) is 5.95. The van der Waals surface area contributed by atoms with Gasteiger partial charge in [0.05, 0.1) is 0 Å². The van der Waals surface area contributed by atoms with E-state index in [1.54, 1.807) is 34.1 Å². The second-order valence-electron chi connectivity index (χ2n) is 8.42. The average molecular weight is 434 g/mol. The molecule has 1 saturated heterocycles. The minimum Gasteiger partial charge on any atom is -0.341 e. The highest BCUT2D eigenvalue weighted by Crippen LogP contribution is 2.19. The predicted octanol–water partition coefficient (Wildman–Crippen LogP) is 3.72. The highest BCUT2D eigenvalue weighted by Gasteiger charge is 2.24. The van der Waals surface area contributed by atoms with Crippen LogP contribution in [0, 0.1) is 0 Å². The van der Waals surface area contributed by atoms with E-state index in [1.807, 2.05) is 20.8 Å². The summed E-state index contributed by atoms with van der Waals surface area (Å²) in [5.74, 6) is 1.15. The molecule has 1 aromatic carbocycles. The normalized spacial score (nSPS) is 15.1. The first-order valence-corrected chi connectivity index (χ1v) is 10.5. The Morgan fingerprint density at radius 3 is 2.43 bits per heavy atom. The molecule has 30 heavy (non-hydrogen) atoms. The molecular formula is C21H28ClN5O3. The number of rotatable bonds is 4. The number of halogens is 1. The van der Waals surface area contributed by atoms with E-state index in [2.05, 4.69) is 15.5 Å². The maximum absolute atomic E-state index is 12.6. The third-order valence-electron chi connectivity index (χ3n) is 4.92. The summed E-state index contributed by atoms with van der Waals surface area (Å²) in [5.41, 5.74) is 0.503. The van der Waals surface area contributed by atoms with Crippen LogP contribution in [0.3, 0.4) is 0 Å². The summed E-state index contributed by atoms with van der Waals surface area (Å²) in [4.78, 5) is 33.1. The van der Waals surface area contributed by atoms with Crippen molar-refractivity contribution in [3.63, 3.8) is 0 Å². The van der Waals surface area contributed by atoms with Gasteiger partial charge in [-0.2, -0.15) is 4.98 Å². The molecule has 8 nitrogen and oxygen atoms in total. The Kier molecular flexibility index (Phi) is 6.97. The fourth-order valence-electron chi connectivity index (χ4n) is 3.14. The first kappa shape index (κ1) is 22.1. The van der Waals surface area contributed by atoms with Gasteiger partial charge in [-0.25, -0.2) is 4.79 Å². The SMILES string of the molecule is CC(C)(C)c1noc(CCC(=O)N2CCCN(C(=O)Nc3ccc(Cl)cc3)CC2)n1. The van der Waals surface area contributed by atoms with Crippen LogP contribution >= 0.6 is 11.6 Å². The monoisotopic (exact) mass is 433 g/mol. The number of urea groups is 1. The van der Waals surface area contributed by atoms with Gasteiger partial charge in [0.2, 0.25) is 11.8 Å². The van der Waals surface area contributed by atoms with Crippen LogP contribution in [0.2, 0.25) is 5.02 Å². The zero-order valence-corrected chi connectivity index (χ0v) is 18.4. The summed E-state index contributed by atoms with van der Waals surface area (Å²) in [6.45, 7) is 8.25. The Balaban J connectivity index is 1.48. The predicted molar refractivity (Wildman–Crippen MR) is 115 cm³/mol. The number of anilines is 1. The van der Waals surface area contributed by atoms with Crippen molar-refractivity contribution in [2.24, 2.45) is 0 Å². The number of aromatic nitrogens is 2. The molecule has 1 N–H and O–H groups in total. The molecule has 9 heteroatoms. The lowest BCUT2D eigenvalue weighted by Crippen LogP contribution is -2.39. The molecule has 3 rings (SSSR count). The summed E-state index contributed by atoms with van der Waals surface area (Å²) in [7, 11) is 0. The summed E-state index contributed by atoms with van der Waals surface area (Å²) < 4.78 is 5.26. The molecule has 1 aliphatic heterocycles. The van der Waals surface area contributed by atoms with E-state index in [4.69, 9.17) is 16.1 Å². The highest BCUT2D eigenvalue weighted by atomic mass is 35.5. The molecule has 0 unspecified atom stereocenters. The van der Waals surface area contributed by atoms with Crippen molar-refractivity contribution in [1.29, 1.82) is 0 Å². The van der Waals surface area contributed by atoms with E-state index >= 15 is 0 Å². The van der Waals surface area contributed by atoms with Crippen LogP contribution < -0.4 is 5.32 Å². The molecule has 0 spiro atoms. The molecule has 0 aliphatic carbocycles. The number of carbonyl (C=O) groups is 2. The number of nitrogens with one attached hydrogen (secondary N) is 1. The lowest BCUT2D eigenvalue weighted by molar-refractivity contribution is -0.131. The maximum Gasteiger partial charge on any atom is 0.321 e. The first-order valence-electron chi connectivity index (χ1n) is 10.1. The van der Waals surface area contributed by atoms with Crippen LogP contribution in [-0.2, 0) is 16.6 Å². The molecule has 1 aliphatic rings. The van der Waals surface area contributed by atoms with E-state index < -0.39 is 0 Å². The second kappa shape index (κ2) is 9.47. The lowest BCUT2D eigenvalue weighted by Gasteiger charge is -2.22. The van der Waals surface area contributed by atoms with Crippen LogP contribution in [0.15, 0.2) is 28.8 Å². The number of nitrogens with zero attached hydrogens (tertiary/aromatic N) is 4. The van der Waals surface area contributed by atoms with Crippen molar-refractivity contribution in [2.45, 2.75) is 45.4 Å². The second-order valence-corrected chi connectivity index (χ2v) is 8.86. The zero-order chi connectivity index (χ0) is 21.7. The van der Waals surface area contributed by atoms with Crippen LogP contribution in [0.1, 0.15) is 45.3 Å². The van der Waals surface area contributed by atoms with E-state index in [-0.39, 0.29) is 17.4 Å². The standard InChI is InChI=1S/C21H28ClN5O3/c1-21(2,3)19-24-17(30-25-19)9-10-18(28)26-11-4-12-27(14-13-26)20(29)23-16-7-5-15(22)6-8-16/h5-8H,4,9-14H2,1-3H3,(H,23,29). The van der Waals surface area contributed by atoms with Gasteiger partial charge in [0.15, 0.2) is 5.82 Å². The molecule has 2 heterocycles. The Morgan fingerprint density at radius 1 is 1.10 bits per heavy atom. The van der Waals surface area contributed by atoms with Gasteiger partial charge in [0, 0.05) is 55.1 Å². The third-order valence-corrected chi connectivity index (χ3v) is 5.17. The van der Waals surface area contributed by atoms with E-state index in [0.29, 0.717) is 61.4 Å². The molecule has 2 aromatic rings. The molecular weight excluding hydrogens is 406 g/mol. The number of hydrogen-bond acceptors (Lipinski definition) is 5. The van der Waals surface area contributed by atoms with Gasteiger partial charge in [-0.3, -0.25) is 4.79 Å².